The van der Waals surface area contributed by atoms with Gasteiger partial charge in [-0.05, 0) is 63.3 Å². The third-order valence-electron chi connectivity index (χ3n) is 13.8. The van der Waals surface area contributed by atoms with E-state index in [0.29, 0.717) is 67.8 Å². The van der Waals surface area contributed by atoms with Crippen molar-refractivity contribution in [2.75, 3.05) is 55.6 Å². The Morgan fingerprint density at radius 3 is 2.18 bits per heavy atom. The molecule has 17 heteroatoms. The lowest BCUT2D eigenvalue weighted by atomic mass is 9.49. The third kappa shape index (κ3) is 8.78. The number of aromatic nitrogens is 1. The molecule has 0 radical (unpaired) electrons. The Morgan fingerprint density at radius 1 is 0.955 bits per heavy atom. The van der Waals surface area contributed by atoms with Gasteiger partial charge in [-0.2, -0.15) is 5.26 Å². The van der Waals surface area contributed by atoms with E-state index in [-0.39, 0.29) is 53.2 Å². The van der Waals surface area contributed by atoms with Crippen molar-refractivity contribution in [3.63, 3.8) is 0 Å². The number of anilines is 2. The monoisotopic (exact) mass is 905 g/mol. The summed E-state index contributed by atoms with van der Waals surface area (Å²) in [6.07, 6.45) is 7.38. The SMILES string of the molecule is C=C/C(OC1C(C)(C)C(NC(=O)c2cnc(N3CCC(CN4CCN(c5cc6c(cc5F)C(=O)N(C5CCC(=O)NC5=O)C6=O)CC4)CC3)c(F)c2)C1(C)C)=C(/C=C)C(/N=C\C)=C(C)C#N. The van der Waals surface area contributed by atoms with Gasteiger partial charge in [-0.3, -0.25) is 44.1 Å². The summed E-state index contributed by atoms with van der Waals surface area (Å²) in [5.41, 5.74) is 0.477. The smallest absolute Gasteiger partial charge is 0.262 e. The van der Waals surface area contributed by atoms with Crippen molar-refractivity contribution >= 4 is 47.3 Å². The zero-order valence-corrected chi connectivity index (χ0v) is 38.4. The number of allylic oxidation sites excluding steroid dienone is 3. The number of nitrogens with zero attached hydrogens (tertiary/aromatic N) is 7. The van der Waals surface area contributed by atoms with Crippen LogP contribution >= 0.6 is 0 Å². The van der Waals surface area contributed by atoms with Gasteiger partial charge in [-0.1, -0.05) is 46.9 Å². The van der Waals surface area contributed by atoms with E-state index in [2.05, 4.69) is 44.7 Å². The van der Waals surface area contributed by atoms with E-state index in [1.807, 2.05) is 37.5 Å². The van der Waals surface area contributed by atoms with Crippen LogP contribution < -0.4 is 20.4 Å². The third-order valence-corrected chi connectivity index (χ3v) is 13.8. The van der Waals surface area contributed by atoms with E-state index < -0.39 is 58.0 Å². The summed E-state index contributed by atoms with van der Waals surface area (Å²) in [4.78, 5) is 79.9. The van der Waals surface area contributed by atoms with E-state index in [1.165, 1.54) is 18.3 Å². The van der Waals surface area contributed by atoms with Crippen LogP contribution in [0.3, 0.4) is 0 Å². The molecule has 0 spiro atoms. The van der Waals surface area contributed by atoms with Crippen LogP contribution in [-0.4, -0.2) is 115 Å². The molecule has 5 amide bonds. The summed E-state index contributed by atoms with van der Waals surface area (Å²) in [7, 11) is 0. The summed E-state index contributed by atoms with van der Waals surface area (Å²) < 4.78 is 37.8. The Morgan fingerprint density at radius 2 is 1.61 bits per heavy atom. The van der Waals surface area contributed by atoms with Crippen LogP contribution in [0.4, 0.5) is 20.3 Å². The molecule has 3 saturated heterocycles. The zero-order chi connectivity index (χ0) is 47.8. The first-order valence-electron chi connectivity index (χ1n) is 22.4. The van der Waals surface area contributed by atoms with E-state index in [1.54, 1.807) is 32.2 Å². The lowest BCUT2D eigenvalue weighted by Gasteiger charge is -2.63. The average molecular weight is 906 g/mol. The van der Waals surface area contributed by atoms with Gasteiger partial charge < -0.3 is 19.9 Å². The predicted octanol–water partition coefficient (Wildman–Crippen LogP) is 5.86. The van der Waals surface area contributed by atoms with Crippen LogP contribution in [0.1, 0.15) is 98.3 Å². The number of benzene rings is 1. The Kier molecular flexibility index (Phi) is 13.5. The Bertz CT molecular complexity index is 2490. The van der Waals surface area contributed by atoms with Crippen molar-refractivity contribution in [1.82, 2.24) is 25.4 Å². The first-order valence-corrected chi connectivity index (χ1v) is 22.4. The van der Waals surface area contributed by atoms with Gasteiger partial charge in [-0.25, -0.2) is 13.8 Å². The van der Waals surface area contributed by atoms with Gasteiger partial charge in [0.1, 0.15) is 23.7 Å². The minimum atomic E-state index is -1.13. The minimum Gasteiger partial charge on any atom is -0.488 e. The first-order chi connectivity index (χ1) is 31.3. The number of hydrogen-bond acceptors (Lipinski definition) is 12. The number of aliphatic imine (C=N–C) groups is 1. The summed E-state index contributed by atoms with van der Waals surface area (Å²) in [5.74, 6) is -3.33. The second-order valence-electron chi connectivity index (χ2n) is 18.7. The van der Waals surface area contributed by atoms with Gasteiger partial charge in [0.05, 0.1) is 39.7 Å². The predicted molar refractivity (Wildman–Crippen MR) is 244 cm³/mol. The molecule has 1 aromatic heterocycles. The van der Waals surface area contributed by atoms with Crippen molar-refractivity contribution in [1.29, 1.82) is 5.26 Å². The lowest BCUT2D eigenvalue weighted by Crippen LogP contribution is -2.73. The highest BCUT2D eigenvalue weighted by atomic mass is 19.1. The molecule has 1 aromatic carbocycles. The van der Waals surface area contributed by atoms with Gasteiger partial charge >= 0.3 is 0 Å². The number of piperazine rings is 1. The molecular formula is C49H57F2N9O6. The Balaban J connectivity index is 0.907. The molecule has 1 aliphatic carbocycles. The van der Waals surface area contributed by atoms with E-state index in [9.17, 15) is 29.2 Å². The molecule has 2 N–H and O–H groups in total. The maximum absolute atomic E-state index is 15.7. The molecule has 5 heterocycles. The number of carbonyl (C=O) groups is 5. The largest absolute Gasteiger partial charge is 0.488 e. The molecule has 15 nitrogen and oxygen atoms in total. The van der Waals surface area contributed by atoms with Crippen LogP contribution in [0.15, 0.2) is 77.3 Å². The van der Waals surface area contributed by atoms with Crippen LogP contribution in [0, 0.1) is 39.7 Å². The number of amides is 5. The van der Waals surface area contributed by atoms with Gasteiger partial charge in [0.15, 0.2) is 11.6 Å². The van der Waals surface area contributed by atoms with Crippen LogP contribution in [-0.2, 0) is 14.3 Å². The topological polar surface area (TPSA) is 181 Å². The van der Waals surface area contributed by atoms with Gasteiger partial charge in [-0.15, -0.1) is 0 Å². The Labute approximate surface area is 383 Å². The summed E-state index contributed by atoms with van der Waals surface area (Å²) in [6, 6.07) is 4.35. The van der Waals surface area contributed by atoms with E-state index >= 15 is 8.78 Å². The maximum Gasteiger partial charge on any atom is 0.262 e. The molecule has 0 bridgehead atoms. The molecule has 7 rings (SSSR count). The highest BCUT2D eigenvalue weighted by molar-refractivity contribution is 6.23. The number of carbonyl (C=O) groups excluding carboxylic acids is 5. The standard InChI is InChI=1S/C49H57F2N9O6/c1-9-31(40(53-11-3)28(4)25-52)38(10-2)66-47-48(5,6)46(49(47,7)8)56-42(62)30-22-35(51)41(54-26-30)59-16-14-29(15-17-59)27-57-18-20-58(21-19-57)37-24-33-32(23-34(37)50)44(64)60(45(33)65)36-12-13-39(61)55-43(36)63/h9-11,22-24,26,29,36,46-47H,1-2,12-21,27H2,3-8H3,(H,56,62)(H,55,61,63)/b38-31+,40-28?,53-11-. The number of fused-ring (bicyclic) bond motifs is 1. The number of imide groups is 2. The van der Waals surface area contributed by atoms with E-state index in [0.717, 1.165) is 30.4 Å². The van der Waals surface area contributed by atoms with Gasteiger partial charge in [0.25, 0.3) is 17.7 Å². The molecule has 348 valence electrons. The second kappa shape index (κ2) is 18.7. The molecule has 1 saturated carbocycles. The summed E-state index contributed by atoms with van der Waals surface area (Å²) >= 11 is 0. The summed E-state index contributed by atoms with van der Waals surface area (Å²) in [5, 5.41) is 14.9. The fourth-order valence-electron chi connectivity index (χ4n) is 10.6. The second-order valence-corrected chi connectivity index (χ2v) is 18.7. The molecule has 4 aliphatic heterocycles. The Hall–Kier alpha value is -6.54. The zero-order valence-electron chi connectivity index (χ0n) is 38.4. The average Bonchev–Trinajstić information content (AvgIpc) is 3.52. The number of pyridine rings is 1. The maximum atomic E-state index is 15.7. The molecule has 2 aromatic rings. The van der Waals surface area contributed by atoms with Crippen molar-refractivity contribution in [3.05, 3.63) is 101 Å². The normalized spacial score (nSPS) is 23.9. The van der Waals surface area contributed by atoms with Crippen molar-refractivity contribution in [2.45, 2.75) is 85.4 Å². The number of rotatable bonds is 13. The molecule has 1 unspecified atom stereocenters. The van der Waals surface area contributed by atoms with Crippen LogP contribution in [0.2, 0.25) is 0 Å². The molecular weight excluding hydrogens is 849 g/mol. The van der Waals surface area contributed by atoms with Crippen molar-refractivity contribution in [2.24, 2.45) is 21.7 Å². The fraction of sp³-hybridized carbons (Fsp3) is 0.469. The van der Waals surface area contributed by atoms with Gasteiger partial charge in [0.2, 0.25) is 11.8 Å². The number of nitriles is 1. The lowest BCUT2D eigenvalue weighted by molar-refractivity contribution is -0.188. The highest BCUT2D eigenvalue weighted by Crippen LogP contribution is 2.56. The molecule has 4 fully saturated rings. The molecule has 1 atom stereocenters. The highest BCUT2D eigenvalue weighted by Gasteiger charge is 2.64. The molecule has 66 heavy (non-hydrogen) atoms. The summed E-state index contributed by atoms with van der Waals surface area (Å²) in [6.45, 7) is 23.5. The fourth-order valence-corrected chi connectivity index (χ4v) is 10.6. The van der Waals surface area contributed by atoms with Gasteiger partial charge in [0, 0.05) is 87.1 Å². The number of nitrogens with one attached hydrogen (secondary N) is 2. The van der Waals surface area contributed by atoms with Crippen LogP contribution in [0.5, 0.6) is 0 Å². The number of hydrogen-bond donors (Lipinski definition) is 2. The number of ether oxygens (including phenoxy) is 1. The molecule has 5 aliphatic rings. The minimum absolute atomic E-state index is 0.00608. The quantitative estimate of drug-likeness (QED) is 0.0808. The van der Waals surface area contributed by atoms with Crippen LogP contribution in [0.25, 0.3) is 0 Å². The first kappa shape index (κ1) is 47.4. The van der Waals surface area contributed by atoms with Crippen molar-refractivity contribution in [3.8, 4) is 6.07 Å². The number of piperidine rings is 2. The number of halogens is 2. The van der Waals surface area contributed by atoms with E-state index in [4.69, 9.17) is 4.74 Å². The van der Waals surface area contributed by atoms with Crippen molar-refractivity contribution < 1.29 is 37.5 Å².